The SMILES string of the molecule is CN(Cc1ccc(Br)cn1)C1CC1. The first-order valence-corrected chi connectivity index (χ1v) is 5.35. The van der Waals surface area contributed by atoms with Crippen molar-refractivity contribution in [3.63, 3.8) is 0 Å². The monoisotopic (exact) mass is 240 g/mol. The first-order valence-electron chi connectivity index (χ1n) is 4.56. The third kappa shape index (κ3) is 2.51. The number of hydrogen-bond acceptors (Lipinski definition) is 2. The van der Waals surface area contributed by atoms with Crippen LogP contribution in [-0.4, -0.2) is 23.0 Å². The van der Waals surface area contributed by atoms with E-state index in [1.54, 1.807) is 0 Å². The van der Waals surface area contributed by atoms with Crippen LogP contribution in [0, 0.1) is 0 Å². The van der Waals surface area contributed by atoms with Crippen LogP contribution in [-0.2, 0) is 6.54 Å². The second-order valence-corrected chi connectivity index (χ2v) is 4.53. The molecule has 0 atom stereocenters. The van der Waals surface area contributed by atoms with Crippen LogP contribution in [0.4, 0.5) is 0 Å². The summed E-state index contributed by atoms with van der Waals surface area (Å²) in [6.07, 6.45) is 4.57. The standard InChI is InChI=1S/C10H13BrN2/c1-13(10-4-5-10)7-9-3-2-8(11)6-12-9/h2-3,6,10H,4-5,7H2,1H3. The number of hydrogen-bond donors (Lipinski definition) is 0. The minimum absolute atomic E-state index is 0.811. The molecule has 0 bridgehead atoms. The van der Waals surface area contributed by atoms with Crippen molar-refractivity contribution in [3.8, 4) is 0 Å². The maximum atomic E-state index is 4.34. The molecular formula is C10H13BrN2. The number of aromatic nitrogens is 1. The summed E-state index contributed by atoms with van der Waals surface area (Å²) in [6, 6.07) is 4.93. The number of pyridine rings is 1. The molecule has 70 valence electrons. The molecule has 3 heteroatoms. The highest BCUT2D eigenvalue weighted by atomic mass is 79.9. The fourth-order valence-electron chi connectivity index (χ4n) is 1.40. The van der Waals surface area contributed by atoms with Gasteiger partial charge in [-0.3, -0.25) is 9.88 Å². The molecule has 0 spiro atoms. The average Bonchev–Trinajstić information content (AvgIpc) is 2.91. The topological polar surface area (TPSA) is 16.1 Å². The molecule has 1 saturated carbocycles. The normalized spacial score (nSPS) is 16.5. The van der Waals surface area contributed by atoms with Gasteiger partial charge in [0.05, 0.1) is 5.69 Å². The lowest BCUT2D eigenvalue weighted by Crippen LogP contribution is -2.20. The van der Waals surface area contributed by atoms with Crippen LogP contribution >= 0.6 is 15.9 Å². The van der Waals surface area contributed by atoms with Gasteiger partial charge in [-0.2, -0.15) is 0 Å². The van der Waals surface area contributed by atoms with E-state index in [0.717, 1.165) is 22.8 Å². The van der Waals surface area contributed by atoms with E-state index in [4.69, 9.17) is 0 Å². The predicted molar refractivity (Wildman–Crippen MR) is 56.4 cm³/mol. The van der Waals surface area contributed by atoms with Crippen molar-refractivity contribution >= 4 is 15.9 Å². The zero-order valence-electron chi connectivity index (χ0n) is 7.70. The fraction of sp³-hybridized carbons (Fsp3) is 0.500. The molecule has 2 rings (SSSR count). The highest BCUT2D eigenvalue weighted by Gasteiger charge is 2.25. The molecule has 0 saturated heterocycles. The summed E-state index contributed by atoms with van der Waals surface area (Å²) in [5.41, 5.74) is 1.15. The Balaban J connectivity index is 1.96. The lowest BCUT2D eigenvalue weighted by molar-refractivity contribution is 0.312. The van der Waals surface area contributed by atoms with Gasteiger partial charge in [0, 0.05) is 23.3 Å². The van der Waals surface area contributed by atoms with Crippen LogP contribution in [0.5, 0.6) is 0 Å². The Morgan fingerprint density at radius 3 is 2.85 bits per heavy atom. The quantitative estimate of drug-likeness (QED) is 0.807. The van der Waals surface area contributed by atoms with Crippen LogP contribution in [0.3, 0.4) is 0 Å². The van der Waals surface area contributed by atoms with Crippen molar-refractivity contribution in [1.29, 1.82) is 0 Å². The highest BCUT2D eigenvalue weighted by molar-refractivity contribution is 9.10. The molecule has 0 aliphatic heterocycles. The summed E-state index contributed by atoms with van der Waals surface area (Å²) in [6.45, 7) is 0.970. The summed E-state index contributed by atoms with van der Waals surface area (Å²) in [7, 11) is 2.17. The minimum Gasteiger partial charge on any atom is -0.298 e. The molecule has 2 nitrogen and oxygen atoms in total. The van der Waals surface area contributed by atoms with E-state index in [2.05, 4.69) is 38.9 Å². The van der Waals surface area contributed by atoms with E-state index in [9.17, 15) is 0 Å². The Morgan fingerprint density at radius 1 is 1.54 bits per heavy atom. The minimum atomic E-state index is 0.811. The van der Waals surface area contributed by atoms with Gasteiger partial charge in [-0.15, -0.1) is 0 Å². The lowest BCUT2D eigenvalue weighted by atomic mass is 10.3. The first-order chi connectivity index (χ1) is 6.25. The fourth-order valence-corrected chi connectivity index (χ4v) is 1.63. The van der Waals surface area contributed by atoms with E-state index in [1.807, 2.05) is 12.3 Å². The van der Waals surface area contributed by atoms with Crippen molar-refractivity contribution in [2.45, 2.75) is 25.4 Å². The molecule has 13 heavy (non-hydrogen) atoms. The molecule has 0 amide bonds. The molecule has 1 heterocycles. The van der Waals surface area contributed by atoms with Crippen LogP contribution in [0.2, 0.25) is 0 Å². The van der Waals surface area contributed by atoms with Crippen LogP contribution in [0.25, 0.3) is 0 Å². The molecule has 0 N–H and O–H groups in total. The smallest absolute Gasteiger partial charge is 0.0544 e. The largest absolute Gasteiger partial charge is 0.298 e. The van der Waals surface area contributed by atoms with E-state index in [1.165, 1.54) is 12.8 Å². The summed E-state index contributed by atoms with van der Waals surface area (Å²) in [4.78, 5) is 6.71. The maximum absolute atomic E-state index is 4.34. The van der Waals surface area contributed by atoms with Crippen molar-refractivity contribution in [2.24, 2.45) is 0 Å². The van der Waals surface area contributed by atoms with Gasteiger partial charge in [0.2, 0.25) is 0 Å². The molecule has 1 aliphatic rings. The van der Waals surface area contributed by atoms with E-state index < -0.39 is 0 Å². The van der Waals surface area contributed by atoms with Crippen molar-refractivity contribution in [1.82, 2.24) is 9.88 Å². The maximum Gasteiger partial charge on any atom is 0.0544 e. The predicted octanol–water partition coefficient (Wildman–Crippen LogP) is 2.44. The highest BCUT2D eigenvalue weighted by Crippen LogP contribution is 2.26. The first kappa shape index (κ1) is 9.16. The second kappa shape index (κ2) is 3.76. The number of rotatable bonds is 3. The number of halogens is 1. The van der Waals surface area contributed by atoms with Gasteiger partial charge in [0.1, 0.15) is 0 Å². The van der Waals surface area contributed by atoms with Gasteiger partial charge in [0.15, 0.2) is 0 Å². The van der Waals surface area contributed by atoms with Gasteiger partial charge in [0.25, 0.3) is 0 Å². The average molecular weight is 241 g/mol. The van der Waals surface area contributed by atoms with E-state index in [-0.39, 0.29) is 0 Å². The third-order valence-electron chi connectivity index (χ3n) is 2.37. The Hall–Kier alpha value is -0.410. The summed E-state index contributed by atoms with van der Waals surface area (Å²) < 4.78 is 1.05. The van der Waals surface area contributed by atoms with Gasteiger partial charge in [-0.1, -0.05) is 0 Å². The zero-order valence-corrected chi connectivity index (χ0v) is 9.29. The van der Waals surface area contributed by atoms with Crippen molar-refractivity contribution in [2.75, 3.05) is 7.05 Å². The third-order valence-corrected chi connectivity index (χ3v) is 2.84. The lowest BCUT2D eigenvalue weighted by Gasteiger charge is -2.14. The molecular weight excluding hydrogens is 228 g/mol. The summed E-state index contributed by atoms with van der Waals surface area (Å²) in [5.74, 6) is 0. The molecule has 1 fully saturated rings. The van der Waals surface area contributed by atoms with Gasteiger partial charge >= 0.3 is 0 Å². The Bertz CT molecular complexity index is 279. The molecule has 0 unspecified atom stereocenters. The van der Waals surface area contributed by atoms with E-state index >= 15 is 0 Å². The van der Waals surface area contributed by atoms with Crippen LogP contribution in [0.15, 0.2) is 22.8 Å². The molecule has 0 aromatic carbocycles. The molecule has 1 aromatic heterocycles. The van der Waals surface area contributed by atoms with Crippen LogP contribution < -0.4 is 0 Å². The molecule has 1 aliphatic carbocycles. The second-order valence-electron chi connectivity index (χ2n) is 3.61. The van der Waals surface area contributed by atoms with Crippen molar-refractivity contribution in [3.05, 3.63) is 28.5 Å². The Labute approximate surface area is 87.1 Å². The molecule has 0 radical (unpaired) electrons. The van der Waals surface area contributed by atoms with Gasteiger partial charge < -0.3 is 0 Å². The number of nitrogens with zero attached hydrogens (tertiary/aromatic N) is 2. The Kier molecular flexibility index (Phi) is 2.65. The summed E-state index contributed by atoms with van der Waals surface area (Å²) >= 11 is 3.38. The molecule has 1 aromatic rings. The Morgan fingerprint density at radius 2 is 2.31 bits per heavy atom. The van der Waals surface area contributed by atoms with Gasteiger partial charge in [-0.25, -0.2) is 0 Å². The van der Waals surface area contributed by atoms with Gasteiger partial charge in [-0.05, 0) is 48.0 Å². The van der Waals surface area contributed by atoms with Crippen molar-refractivity contribution < 1.29 is 0 Å². The van der Waals surface area contributed by atoms with Crippen LogP contribution in [0.1, 0.15) is 18.5 Å². The zero-order chi connectivity index (χ0) is 9.26. The van der Waals surface area contributed by atoms with E-state index in [0.29, 0.717) is 0 Å². The summed E-state index contributed by atoms with van der Waals surface area (Å²) in [5, 5.41) is 0.